The van der Waals surface area contributed by atoms with Crippen molar-refractivity contribution in [2.45, 2.75) is 26.9 Å². The van der Waals surface area contributed by atoms with Gasteiger partial charge in [0.15, 0.2) is 6.17 Å². The molecule has 0 bridgehead atoms. The molecule has 10 heteroatoms. The summed E-state index contributed by atoms with van der Waals surface area (Å²) < 4.78 is 15.9. The zero-order valence-electron chi connectivity index (χ0n) is 22.9. The number of hydrogen-bond donors (Lipinski definition) is 2. The van der Waals surface area contributed by atoms with Crippen molar-refractivity contribution in [3.63, 3.8) is 0 Å². The van der Waals surface area contributed by atoms with E-state index >= 15 is 0 Å². The first-order valence-corrected chi connectivity index (χ1v) is 13.3. The van der Waals surface area contributed by atoms with Crippen LogP contribution in [0.4, 0.5) is 10.1 Å². The molecule has 0 aliphatic carbocycles. The van der Waals surface area contributed by atoms with E-state index in [-0.39, 0.29) is 17.8 Å². The van der Waals surface area contributed by atoms with Gasteiger partial charge in [0.05, 0.1) is 16.8 Å². The largest absolute Gasteiger partial charge is 0.478 e. The van der Waals surface area contributed by atoms with Crippen molar-refractivity contribution < 1.29 is 19.1 Å². The fraction of sp³-hybridized carbons (Fsp3) is 0.194. The first kappa shape index (κ1) is 27.6. The average molecular weight is 553 g/mol. The summed E-state index contributed by atoms with van der Waals surface area (Å²) in [7, 11) is 0. The van der Waals surface area contributed by atoms with Crippen molar-refractivity contribution in [1.29, 1.82) is 0 Å². The van der Waals surface area contributed by atoms with Crippen LogP contribution in [0.2, 0.25) is 0 Å². The Balaban J connectivity index is 1.66. The number of carbonyl (C=O) groups excluding carboxylic acids is 1. The molecule has 5 rings (SSSR count). The van der Waals surface area contributed by atoms with Crippen LogP contribution >= 0.6 is 0 Å². The summed E-state index contributed by atoms with van der Waals surface area (Å²) in [5.41, 5.74) is 4.41. The molecule has 0 saturated carbocycles. The molecule has 1 atom stereocenters. The Morgan fingerprint density at radius 2 is 1.85 bits per heavy atom. The zero-order chi connectivity index (χ0) is 29.1. The number of carboxylic acids is 1. The lowest BCUT2D eigenvalue weighted by Gasteiger charge is -2.27. The number of likely N-dealkylation sites (N-methyl/N-ethyl adjacent to an activating group) is 2. The average Bonchev–Trinajstić information content (AvgIpc) is 3.40. The molecule has 2 aromatic carbocycles. The number of nitrogens with one attached hydrogen (secondary N) is 1. The number of carbonyl (C=O) groups is 2. The van der Waals surface area contributed by atoms with E-state index in [1.54, 1.807) is 24.0 Å². The number of amides is 1. The van der Waals surface area contributed by atoms with Gasteiger partial charge < -0.3 is 10.0 Å². The molecular weight excluding hydrogens is 523 g/mol. The van der Waals surface area contributed by atoms with Gasteiger partial charge in [0.2, 0.25) is 0 Å². The van der Waals surface area contributed by atoms with Gasteiger partial charge in [-0.2, -0.15) is 5.10 Å². The minimum absolute atomic E-state index is 0.144. The molecule has 3 aromatic heterocycles. The Bertz CT molecular complexity index is 1750. The lowest BCUT2D eigenvalue weighted by molar-refractivity contribution is -0.122. The van der Waals surface area contributed by atoms with Crippen molar-refractivity contribution >= 4 is 28.5 Å². The zero-order valence-corrected chi connectivity index (χ0v) is 22.9. The molecule has 0 radical (unpaired) electrons. The second-order valence-corrected chi connectivity index (χ2v) is 9.46. The predicted molar refractivity (Wildman–Crippen MR) is 155 cm³/mol. The monoisotopic (exact) mass is 552 g/mol. The van der Waals surface area contributed by atoms with Gasteiger partial charge in [0, 0.05) is 41.3 Å². The van der Waals surface area contributed by atoms with Crippen molar-refractivity contribution in [3.05, 3.63) is 96.2 Å². The third kappa shape index (κ3) is 5.55. The van der Waals surface area contributed by atoms with Gasteiger partial charge >= 0.3 is 5.97 Å². The van der Waals surface area contributed by atoms with E-state index in [0.717, 1.165) is 39.9 Å². The lowest BCUT2D eigenvalue weighted by Crippen LogP contribution is -2.44. The van der Waals surface area contributed by atoms with Crippen molar-refractivity contribution in [1.82, 2.24) is 25.1 Å². The molecule has 0 saturated heterocycles. The Morgan fingerprint density at radius 1 is 1.05 bits per heavy atom. The summed E-state index contributed by atoms with van der Waals surface area (Å²) in [5.74, 6) is -2.45. The SMILES string of the molecule is CCNC(C(=O)N(CC)c1cc(F)cc(C(=O)O)c1)n1cc(-c2ccnc3ccccc23)c(-c2cccc(C)n2)n1. The molecule has 5 aromatic rings. The highest BCUT2D eigenvalue weighted by Crippen LogP contribution is 2.35. The van der Waals surface area contributed by atoms with Gasteiger partial charge in [-0.3, -0.25) is 20.1 Å². The minimum atomic E-state index is -1.28. The third-order valence-corrected chi connectivity index (χ3v) is 6.72. The normalized spacial score (nSPS) is 11.9. The first-order chi connectivity index (χ1) is 19.8. The summed E-state index contributed by atoms with van der Waals surface area (Å²) in [4.78, 5) is 36.1. The maximum absolute atomic E-state index is 14.4. The van der Waals surface area contributed by atoms with Crippen LogP contribution in [0.3, 0.4) is 0 Å². The van der Waals surface area contributed by atoms with E-state index in [4.69, 9.17) is 10.1 Å². The van der Waals surface area contributed by atoms with Crippen LogP contribution in [0.5, 0.6) is 0 Å². The fourth-order valence-corrected chi connectivity index (χ4v) is 4.87. The van der Waals surface area contributed by atoms with Gasteiger partial charge in [-0.1, -0.05) is 31.2 Å². The number of hydrogen-bond acceptors (Lipinski definition) is 6. The van der Waals surface area contributed by atoms with Gasteiger partial charge in [-0.25, -0.2) is 13.9 Å². The van der Waals surface area contributed by atoms with Gasteiger partial charge in [0.25, 0.3) is 5.91 Å². The molecule has 0 aliphatic heterocycles. The number of benzene rings is 2. The Kier molecular flexibility index (Phi) is 7.84. The number of aryl methyl sites for hydroxylation is 1. The van der Waals surface area contributed by atoms with E-state index in [1.165, 1.54) is 11.0 Å². The van der Waals surface area contributed by atoms with E-state index in [2.05, 4.69) is 10.3 Å². The van der Waals surface area contributed by atoms with Crippen LogP contribution < -0.4 is 10.2 Å². The number of fused-ring (bicyclic) bond motifs is 1. The maximum Gasteiger partial charge on any atom is 0.335 e. The smallest absolute Gasteiger partial charge is 0.335 e. The molecule has 0 spiro atoms. The minimum Gasteiger partial charge on any atom is -0.478 e. The van der Waals surface area contributed by atoms with E-state index in [9.17, 15) is 19.1 Å². The molecule has 3 heterocycles. The number of aromatic nitrogens is 4. The highest BCUT2D eigenvalue weighted by atomic mass is 19.1. The number of rotatable bonds is 9. The highest BCUT2D eigenvalue weighted by Gasteiger charge is 2.29. The molecule has 1 amide bonds. The molecule has 41 heavy (non-hydrogen) atoms. The number of nitrogens with zero attached hydrogens (tertiary/aromatic N) is 5. The summed E-state index contributed by atoms with van der Waals surface area (Å²) in [6, 6.07) is 18.7. The molecule has 2 N–H and O–H groups in total. The summed E-state index contributed by atoms with van der Waals surface area (Å²) in [5, 5.41) is 18.4. The van der Waals surface area contributed by atoms with Gasteiger partial charge in [-0.15, -0.1) is 0 Å². The maximum atomic E-state index is 14.4. The lowest BCUT2D eigenvalue weighted by atomic mass is 10.0. The van der Waals surface area contributed by atoms with Crippen molar-refractivity contribution in [2.75, 3.05) is 18.0 Å². The van der Waals surface area contributed by atoms with Crippen LogP contribution in [-0.2, 0) is 4.79 Å². The Hall–Kier alpha value is -4.96. The second-order valence-electron chi connectivity index (χ2n) is 9.46. The highest BCUT2D eigenvalue weighted by molar-refractivity contribution is 5.99. The molecular formula is C31H29FN6O3. The van der Waals surface area contributed by atoms with Crippen molar-refractivity contribution in [3.8, 4) is 22.5 Å². The summed E-state index contributed by atoms with van der Waals surface area (Å²) in [6.07, 6.45) is 2.56. The van der Waals surface area contributed by atoms with E-state index in [0.29, 0.717) is 17.9 Å². The third-order valence-electron chi connectivity index (χ3n) is 6.72. The molecule has 0 aliphatic rings. The molecule has 208 valence electrons. The predicted octanol–water partition coefficient (Wildman–Crippen LogP) is 5.47. The summed E-state index contributed by atoms with van der Waals surface area (Å²) in [6.45, 7) is 6.12. The number of anilines is 1. The fourth-order valence-electron chi connectivity index (χ4n) is 4.87. The quantitative estimate of drug-likeness (QED) is 0.249. The van der Waals surface area contributed by atoms with Crippen LogP contribution in [0.15, 0.2) is 79.1 Å². The van der Waals surface area contributed by atoms with E-state index in [1.807, 2.05) is 62.4 Å². The molecule has 1 unspecified atom stereocenters. The Labute approximate surface area is 236 Å². The second kappa shape index (κ2) is 11.6. The number of halogens is 1. The standard InChI is InChI=1S/C31H29FN6O3/c1-4-33-29(30(39)37(5-2)22-16-20(31(40)41)15-21(32)17-22)38-18-25(28(36-38)27-12-8-9-19(3)35-27)23-13-14-34-26-11-7-6-10-24(23)26/h6-18,29,33H,4-5H2,1-3H3,(H,40,41). The van der Waals surface area contributed by atoms with Gasteiger partial charge in [0.1, 0.15) is 11.5 Å². The molecule has 9 nitrogen and oxygen atoms in total. The van der Waals surface area contributed by atoms with Crippen LogP contribution in [0.1, 0.15) is 36.1 Å². The van der Waals surface area contributed by atoms with Crippen LogP contribution in [0.25, 0.3) is 33.4 Å². The molecule has 0 fully saturated rings. The summed E-state index contributed by atoms with van der Waals surface area (Å²) >= 11 is 0. The van der Waals surface area contributed by atoms with E-state index < -0.39 is 23.9 Å². The Morgan fingerprint density at radius 3 is 2.59 bits per heavy atom. The van der Waals surface area contributed by atoms with Gasteiger partial charge in [-0.05, 0) is 68.4 Å². The number of carboxylic acid groups (broad SMARTS) is 1. The van der Waals surface area contributed by atoms with Crippen LogP contribution in [-0.4, -0.2) is 49.8 Å². The van der Waals surface area contributed by atoms with Crippen molar-refractivity contribution in [2.24, 2.45) is 0 Å². The van der Waals surface area contributed by atoms with Crippen LogP contribution in [0, 0.1) is 12.7 Å². The topological polar surface area (TPSA) is 113 Å². The first-order valence-electron chi connectivity index (χ1n) is 13.3. The number of aromatic carboxylic acids is 1. The number of para-hydroxylation sites is 1. The number of pyridine rings is 2.